The molecular weight excluding hydrogens is 391 g/mol. The zero-order valence-electron chi connectivity index (χ0n) is 14.9. The molecule has 2 aromatic rings. The lowest BCUT2D eigenvalue weighted by Gasteiger charge is -2.22. The summed E-state index contributed by atoms with van der Waals surface area (Å²) < 4.78 is 40.3. The van der Waals surface area contributed by atoms with Gasteiger partial charge in [-0.25, -0.2) is 12.8 Å². The number of anilines is 1. The zero-order valence-corrected chi connectivity index (χ0v) is 16.4. The topological polar surface area (TPSA) is 57.7 Å². The van der Waals surface area contributed by atoms with Crippen LogP contribution in [0.5, 0.6) is 0 Å². The third-order valence-electron chi connectivity index (χ3n) is 4.56. The average molecular weight is 411 g/mol. The summed E-state index contributed by atoms with van der Waals surface area (Å²) in [5.74, 6) is -0.772. The maximum absolute atomic E-state index is 13.2. The quantitative estimate of drug-likeness (QED) is 0.750. The molecule has 0 radical (unpaired) electrons. The SMILES string of the molecule is CCN(C(=O)c1ccc(Cl)c(S(=O)(=O)N2CCCC2)c1)c1ccc(F)cc1. The third-order valence-corrected chi connectivity index (χ3v) is 6.94. The van der Waals surface area contributed by atoms with Gasteiger partial charge in [0.15, 0.2) is 0 Å². The average Bonchev–Trinajstić information content (AvgIpc) is 3.19. The molecule has 8 heteroatoms. The minimum atomic E-state index is -3.75. The van der Waals surface area contributed by atoms with E-state index in [0.29, 0.717) is 25.3 Å². The minimum Gasteiger partial charge on any atom is -0.309 e. The van der Waals surface area contributed by atoms with Crippen molar-refractivity contribution in [1.29, 1.82) is 0 Å². The van der Waals surface area contributed by atoms with Gasteiger partial charge in [0.1, 0.15) is 10.7 Å². The Hall–Kier alpha value is -1.96. The maximum atomic E-state index is 13.2. The number of benzene rings is 2. The molecule has 5 nitrogen and oxygen atoms in total. The molecule has 1 heterocycles. The molecule has 1 aliphatic rings. The van der Waals surface area contributed by atoms with E-state index in [-0.39, 0.29) is 21.4 Å². The summed E-state index contributed by atoms with van der Waals surface area (Å²) in [6, 6.07) is 9.82. The number of nitrogens with zero attached hydrogens (tertiary/aromatic N) is 2. The molecule has 144 valence electrons. The standard InChI is InChI=1S/C19H20ClFN2O3S/c1-2-23(16-8-6-15(21)7-9-16)19(24)14-5-10-17(20)18(13-14)27(25,26)22-11-3-4-12-22/h5-10,13H,2-4,11-12H2,1H3. The van der Waals surface area contributed by atoms with Gasteiger partial charge in [0, 0.05) is 30.9 Å². The molecule has 1 fully saturated rings. The number of amides is 1. The Morgan fingerprint density at radius 3 is 2.37 bits per heavy atom. The van der Waals surface area contributed by atoms with E-state index in [1.54, 1.807) is 6.92 Å². The smallest absolute Gasteiger partial charge is 0.258 e. The number of hydrogen-bond acceptors (Lipinski definition) is 3. The third kappa shape index (κ3) is 4.00. The molecule has 27 heavy (non-hydrogen) atoms. The summed E-state index contributed by atoms with van der Waals surface area (Å²) in [5.41, 5.74) is 0.742. The van der Waals surface area contributed by atoms with E-state index in [1.165, 1.54) is 51.7 Å². The van der Waals surface area contributed by atoms with Gasteiger partial charge in [-0.05, 0) is 62.2 Å². The molecule has 1 saturated heterocycles. The van der Waals surface area contributed by atoms with Crippen LogP contribution in [0.15, 0.2) is 47.4 Å². The van der Waals surface area contributed by atoms with Crippen LogP contribution >= 0.6 is 11.6 Å². The fraction of sp³-hybridized carbons (Fsp3) is 0.316. The second-order valence-corrected chi connectivity index (χ2v) is 8.60. The van der Waals surface area contributed by atoms with Crippen molar-refractivity contribution in [3.8, 4) is 0 Å². The first-order chi connectivity index (χ1) is 12.8. The molecule has 0 aromatic heterocycles. The Morgan fingerprint density at radius 1 is 1.15 bits per heavy atom. The van der Waals surface area contributed by atoms with Crippen LogP contribution in [0.4, 0.5) is 10.1 Å². The summed E-state index contributed by atoms with van der Waals surface area (Å²) in [5, 5.41) is 0.0864. The van der Waals surface area contributed by atoms with Gasteiger partial charge in [0.2, 0.25) is 10.0 Å². The van der Waals surface area contributed by atoms with Crippen LogP contribution in [0.3, 0.4) is 0 Å². The molecule has 0 bridgehead atoms. The number of halogens is 2. The predicted octanol–water partition coefficient (Wildman–Crippen LogP) is 3.93. The van der Waals surface area contributed by atoms with Crippen LogP contribution in [0, 0.1) is 5.82 Å². The Labute approximate surface area is 163 Å². The van der Waals surface area contributed by atoms with Crippen LogP contribution in [0.2, 0.25) is 5.02 Å². The van der Waals surface area contributed by atoms with Crippen LogP contribution in [0.25, 0.3) is 0 Å². The van der Waals surface area contributed by atoms with Gasteiger partial charge in [-0.2, -0.15) is 4.31 Å². The zero-order chi connectivity index (χ0) is 19.6. The highest BCUT2D eigenvalue weighted by atomic mass is 35.5. The maximum Gasteiger partial charge on any atom is 0.258 e. The summed E-state index contributed by atoms with van der Waals surface area (Å²) in [4.78, 5) is 14.3. The highest BCUT2D eigenvalue weighted by Crippen LogP contribution is 2.29. The number of carbonyl (C=O) groups excluding carboxylic acids is 1. The van der Waals surface area contributed by atoms with Crippen molar-refractivity contribution < 1.29 is 17.6 Å². The number of rotatable bonds is 5. The summed E-state index contributed by atoms with van der Waals surface area (Å²) in [6.45, 7) is 3.04. The van der Waals surface area contributed by atoms with Crippen LogP contribution in [-0.2, 0) is 10.0 Å². The Morgan fingerprint density at radius 2 is 1.78 bits per heavy atom. The van der Waals surface area contributed by atoms with Crippen molar-refractivity contribution in [2.75, 3.05) is 24.5 Å². The van der Waals surface area contributed by atoms with Crippen molar-refractivity contribution >= 4 is 33.2 Å². The van der Waals surface area contributed by atoms with E-state index in [2.05, 4.69) is 0 Å². The minimum absolute atomic E-state index is 0.0629. The van der Waals surface area contributed by atoms with Gasteiger partial charge in [-0.15, -0.1) is 0 Å². The number of sulfonamides is 1. The predicted molar refractivity (Wildman–Crippen MR) is 103 cm³/mol. The molecule has 2 aromatic carbocycles. The Balaban J connectivity index is 1.97. The molecule has 0 saturated carbocycles. The normalized spacial score (nSPS) is 15.1. The summed E-state index contributed by atoms with van der Waals surface area (Å²) in [6.07, 6.45) is 1.62. The summed E-state index contributed by atoms with van der Waals surface area (Å²) >= 11 is 6.14. The van der Waals surface area contributed by atoms with Gasteiger partial charge in [-0.1, -0.05) is 11.6 Å². The van der Waals surface area contributed by atoms with Crippen molar-refractivity contribution in [3.05, 3.63) is 58.9 Å². The first-order valence-corrected chi connectivity index (χ1v) is 10.5. The van der Waals surface area contributed by atoms with Crippen molar-refractivity contribution in [3.63, 3.8) is 0 Å². The molecule has 0 aliphatic carbocycles. The largest absolute Gasteiger partial charge is 0.309 e. The van der Waals surface area contributed by atoms with E-state index >= 15 is 0 Å². The number of carbonyl (C=O) groups is 1. The van der Waals surface area contributed by atoms with Crippen LogP contribution < -0.4 is 4.90 Å². The Bertz CT molecular complexity index is 942. The van der Waals surface area contributed by atoms with Gasteiger partial charge in [0.05, 0.1) is 5.02 Å². The fourth-order valence-electron chi connectivity index (χ4n) is 3.12. The van der Waals surface area contributed by atoms with Crippen molar-refractivity contribution in [2.45, 2.75) is 24.7 Å². The van der Waals surface area contributed by atoms with E-state index in [9.17, 15) is 17.6 Å². The number of hydrogen-bond donors (Lipinski definition) is 0. The molecule has 0 N–H and O–H groups in total. The highest BCUT2D eigenvalue weighted by molar-refractivity contribution is 7.89. The fourth-order valence-corrected chi connectivity index (χ4v) is 5.14. The lowest BCUT2D eigenvalue weighted by atomic mass is 10.1. The van der Waals surface area contributed by atoms with E-state index in [0.717, 1.165) is 12.8 Å². The van der Waals surface area contributed by atoms with E-state index in [4.69, 9.17) is 11.6 Å². The first kappa shape index (κ1) is 19.8. The Kier molecular flexibility index (Phi) is 5.83. The van der Waals surface area contributed by atoms with Gasteiger partial charge in [-0.3, -0.25) is 4.79 Å². The van der Waals surface area contributed by atoms with Crippen LogP contribution in [-0.4, -0.2) is 38.3 Å². The molecular formula is C19H20ClFN2O3S. The van der Waals surface area contributed by atoms with E-state index in [1.807, 2.05) is 0 Å². The molecule has 0 spiro atoms. The molecule has 1 amide bonds. The van der Waals surface area contributed by atoms with Gasteiger partial charge in [0.25, 0.3) is 5.91 Å². The second kappa shape index (κ2) is 7.96. The first-order valence-electron chi connectivity index (χ1n) is 8.71. The molecule has 0 atom stereocenters. The lowest BCUT2D eigenvalue weighted by molar-refractivity contribution is 0.0988. The van der Waals surface area contributed by atoms with Crippen LogP contribution in [0.1, 0.15) is 30.1 Å². The molecule has 3 rings (SSSR count). The van der Waals surface area contributed by atoms with Crippen molar-refractivity contribution in [2.24, 2.45) is 0 Å². The molecule has 0 unspecified atom stereocenters. The highest BCUT2D eigenvalue weighted by Gasteiger charge is 2.30. The second-order valence-electron chi connectivity index (χ2n) is 6.28. The summed E-state index contributed by atoms with van der Waals surface area (Å²) in [7, 11) is -3.75. The van der Waals surface area contributed by atoms with Gasteiger partial charge < -0.3 is 4.90 Å². The van der Waals surface area contributed by atoms with Gasteiger partial charge >= 0.3 is 0 Å². The monoisotopic (exact) mass is 410 g/mol. The lowest BCUT2D eigenvalue weighted by Crippen LogP contribution is -2.31. The molecule has 1 aliphatic heterocycles. The van der Waals surface area contributed by atoms with E-state index < -0.39 is 15.8 Å². The van der Waals surface area contributed by atoms with Crippen molar-refractivity contribution in [1.82, 2.24) is 4.31 Å².